The maximum atomic E-state index is 14.3. The Hall–Kier alpha value is -2.49. The first-order valence-corrected chi connectivity index (χ1v) is 21.0. The second kappa shape index (κ2) is 21.2. The molecular weight excluding hydrogens is 734 g/mol. The van der Waals surface area contributed by atoms with Crippen LogP contribution >= 0.6 is 0 Å². The number of carbonyl (C=O) groups is 3. The SMILES string of the molecule is C=CC[C@H]1/C=C(\C)C[C@H](C)C[C@H](OC)[C@@H]2O[C@@](O)(C(O)C(=O)N3CCCC[C@H]3C(=O)OC(/C(C)=C/[C@H]3CC[C@@H](O)C(OC)C3)[C@H](C)[C@@H](O)CC1=O)[C@H](C)C[C@@H]2OC. The highest BCUT2D eigenvalue weighted by Crippen LogP contribution is 2.40. The van der Waals surface area contributed by atoms with Crippen molar-refractivity contribution >= 4 is 17.7 Å². The third-order valence-electron chi connectivity index (χ3n) is 13.0. The van der Waals surface area contributed by atoms with Crippen LogP contribution in [0.4, 0.5) is 0 Å². The molecule has 4 rings (SSSR count). The van der Waals surface area contributed by atoms with Crippen molar-refractivity contribution in [2.24, 2.45) is 29.6 Å². The summed E-state index contributed by atoms with van der Waals surface area (Å²) in [6.45, 7) is 13.3. The summed E-state index contributed by atoms with van der Waals surface area (Å²) in [5.74, 6) is -5.99. The molecule has 1 aliphatic carbocycles. The first-order valence-electron chi connectivity index (χ1n) is 21.0. The van der Waals surface area contributed by atoms with Gasteiger partial charge in [0.15, 0.2) is 6.10 Å². The maximum absolute atomic E-state index is 14.3. The molecule has 0 aromatic rings. The van der Waals surface area contributed by atoms with Crippen LogP contribution in [0.3, 0.4) is 0 Å². The fourth-order valence-corrected chi connectivity index (χ4v) is 9.57. The number of piperidine rings is 1. The van der Waals surface area contributed by atoms with Crippen molar-refractivity contribution < 1.29 is 58.5 Å². The largest absolute Gasteiger partial charge is 0.456 e. The molecule has 57 heavy (non-hydrogen) atoms. The fraction of sp³-hybridized carbons (Fsp3) is 0.795. The number of esters is 1. The number of Topliss-reactive ketones (excluding diaryl/α,β-unsaturated/α-hetero) is 1. The number of rotatable bonds is 7. The average Bonchev–Trinajstić information content (AvgIpc) is 3.18. The molecule has 2 saturated heterocycles. The number of nitrogens with zero attached hydrogens (tertiary/aromatic N) is 1. The van der Waals surface area contributed by atoms with Gasteiger partial charge in [0.1, 0.15) is 24.0 Å². The molecule has 1 saturated carbocycles. The summed E-state index contributed by atoms with van der Waals surface area (Å²) in [7, 11) is 4.66. The van der Waals surface area contributed by atoms with E-state index < -0.39 is 84.2 Å². The predicted octanol–water partition coefficient (Wildman–Crippen LogP) is 4.43. The number of allylic oxidation sites excluding steroid dienone is 4. The van der Waals surface area contributed by atoms with Gasteiger partial charge in [0.25, 0.3) is 5.91 Å². The van der Waals surface area contributed by atoms with Crippen molar-refractivity contribution in [1.82, 2.24) is 4.90 Å². The maximum Gasteiger partial charge on any atom is 0.329 e. The summed E-state index contributed by atoms with van der Waals surface area (Å²) in [5, 5.41) is 46.0. The molecule has 3 aliphatic heterocycles. The van der Waals surface area contributed by atoms with Crippen LogP contribution < -0.4 is 0 Å². The summed E-state index contributed by atoms with van der Waals surface area (Å²) in [6.07, 6.45) is 3.39. The summed E-state index contributed by atoms with van der Waals surface area (Å²) in [4.78, 5) is 43.8. The van der Waals surface area contributed by atoms with Crippen LogP contribution in [-0.4, -0.2) is 132 Å². The highest BCUT2D eigenvalue weighted by Gasteiger charge is 2.56. The lowest BCUT2D eigenvalue weighted by molar-refractivity contribution is -0.346. The standard InChI is InChI=1S/C44H71NO12/c1-10-13-31-19-25(2)18-26(3)20-37(54-8)40-38(55-9)22-28(5)44(52,57-40)41(49)42(50)45-17-12-11-14-32(45)43(51)56-39(29(6)34(47)24-35(31)48)27(4)21-30-15-16-33(46)36(23-30)53-7/h10,19,21,26,28-34,36-41,46-47,49,52H,1,11-18,20,22-24H2,2-9H3/b25-19+,27-21+/t26-,28+,29+,30+,31-,32-,33+,34-,36?,37-,38-,39?,40-,41?,44+/m0/s1. The highest BCUT2D eigenvalue weighted by molar-refractivity contribution is 5.88. The van der Waals surface area contributed by atoms with E-state index >= 15 is 0 Å². The molecular formula is C44H71NO12. The number of aliphatic hydroxyl groups is 4. The number of amides is 1. The summed E-state index contributed by atoms with van der Waals surface area (Å²) < 4.78 is 29.9. The molecule has 3 heterocycles. The van der Waals surface area contributed by atoms with E-state index in [2.05, 4.69) is 13.5 Å². The van der Waals surface area contributed by atoms with Crippen molar-refractivity contribution in [1.29, 1.82) is 0 Å². The molecule has 2 bridgehead atoms. The Morgan fingerprint density at radius 1 is 0.930 bits per heavy atom. The van der Waals surface area contributed by atoms with Gasteiger partial charge in [-0.2, -0.15) is 0 Å². The van der Waals surface area contributed by atoms with Gasteiger partial charge in [0.05, 0.1) is 30.5 Å². The lowest BCUT2D eigenvalue weighted by Crippen LogP contribution is -2.66. The quantitative estimate of drug-likeness (QED) is 0.210. The number of carbonyl (C=O) groups excluding carboxylic acids is 3. The lowest BCUT2D eigenvalue weighted by atomic mass is 9.81. The number of ether oxygens (including phenoxy) is 5. The van der Waals surface area contributed by atoms with Crippen molar-refractivity contribution in [2.45, 2.75) is 166 Å². The van der Waals surface area contributed by atoms with Gasteiger partial charge in [-0.05, 0) is 95.5 Å². The van der Waals surface area contributed by atoms with E-state index in [9.17, 15) is 34.8 Å². The number of hydrogen-bond acceptors (Lipinski definition) is 12. The Labute approximate surface area is 339 Å². The molecule has 13 nitrogen and oxygen atoms in total. The minimum atomic E-state index is -2.32. The monoisotopic (exact) mass is 805 g/mol. The van der Waals surface area contributed by atoms with E-state index in [4.69, 9.17) is 23.7 Å². The number of methoxy groups -OCH3 is 3. The Balaban J connectivity index is 1.77. The molecule has 324 valence electrons. The minimum absolute atomic E-state index is 0.000937. The number of fused-ring (bicyclic) bond motifs is 3. The van der Waals surface area contributed by atoms with Gasteiger partial charge in [0, 0.05) is 52.0 Å². The lowest BCUT2D eigenvalue weighted by Gasteiger charge is -2.49. The molecule has 15 atom stereocenters. The Morgan fingerprint density at radius 3 is 2.25 bits per heavy atom. The van der Waals surface area contributed by atoms with E-state index in [1.54, 1.807) is 41.3 Å². The highest BCUT2D eigenvalue weighted by atomic mass is 16.7. The van der Waals surface area contributed by atoms with Gasteiger partial charge in [-0.3, -0.25) is 9.59 Å². The fourth-order valence-electron chi connectivity index (χ4n) is 9.57. The van der Waals surface area contributed by atoms with Crippen LogP contribution in [-0.2, 0) is 38.1 Å². The summed E-state index contributed by atoms with van der Waals surface area (Å²) >= 11 is 0. The van der Waals surface area contributed by atoms with Gasteiger partial charge in [-0.25, -0.2) is 4.79 Å². The number of aliphatic hydroxyl groups excluding tert-OH is 3. The van der Waals surface area contributed by atoms with E-state index in [1.165, 1.54) is 4.90 Å². The van der Waals surface area contributed by atoms with E-state index in [1.807, 2.05) is 26.0 Å². The topological polar surface area (TPSA) is 182 Å². The normalized spacial score (nSPS) is 42.2. The number of ketones is 1. The van der Waals surface area contributed by atoms with Crippen LogP contribution in [0.1, 0.15) is 105 Å². The smallest absolute Gasteiger partial charge is 0.329 e. The number of cyclic esters (lactones) is 1. The first-order chi connectivity index (χ1) is 27.0. The van der Waals surface area contributed by atoms with Crippen LogP contribution in [0, 0.1) is 29.6 Å². The van der Waals surface area contributed by atoms with Crippen molar-refractivity contribution in [2.75, 3.05) is 27.9 Å². The molecule has 4 N–H and O–H groups in total. The number of hydrogen-bond donors (Lipinski definition) is 4. The second-order valence-corrected chi connectivity index (χ2v) is 17.4. The van der Waals surface area contributed by atoms with Gasteiger partial charge < -0.3 is 49.0 Å². The zero-order chi connectivity index (χ0) is 42.2. The third kappa shape index (κ3) is 11.4. The van der Waals surface area contributed by atoms with E-state index in [0.29, 0.717) is 56.9 Å². The molecule has 3 fully saturated rings. The Morgan fingerprint density at radius 2 is 1.60 bits per heavy atom. The summed E-state index contributed by atoms with van der Waals surface area (Å²) in [5.41, 5.74) is 1.64. The van der Waals surface area contributed by atoms with Gasteiger partial charge in [-0.15, -0.1) is 6.58 Å². The van der Waals surface area contributed by atoms with Gasteiger partial charge >= 0.3 is 5.97 Å². The molecule has 0 aromatic heterocycles. The minimum Gasteiger partial charge on any atom is -0.456 e. The average molecular weight is 806 g/mol. The molecule has 0 spiro atoms. The van der Waals surface area contributed by atoms with Crippen LogP contribution in [0.15, 0.2) is 36.0 Å². The summed E-state index contributed by atoms with van der Waals surface area (Å²) in [6, 6.07) is -1.08. The van der Waals surface area contributed by atoms with Gasteiger partial charge in [-0.1, -0.05) is 44.6 Å². The van der Waals surface area contributed by atoms with Crippen LogP contribution in [0.2, 0.25) is 0 Å². The Kier molecular flexibility index (Phi) is 17.5. The predicted molar refractivity (Wildman–Crippen MR) is 214 cm³/mol. The van der Waals surface area contributed by atoms with Crippen molar-refractivity contribution in [3.63, 3.8) is 0 Å². The first kappa shape index (κ1) is 47.2. The molecule has 0 aromatic carbocycles. The van der Waals surface area contributed by atoms with Crippen LogP contribution in [0.25, 0.3) is 0 Å². The van der Waals surface area contributed by atoms with Crippen LogP contribution in [0.5, 0.6) is 0 Å². The second-order valence-electron chi connectivity index (χ2n) is 17.4. The Bertz CT molecular complexity index is 1430. The molecule has 13 heteroatoms. The zero-order valence-corrected chi connectivity index (χ0v) is 35.5. The van der Waals surface area contributed by atoms with Crippen molar-refractivity contribution in [3.8, 4) is 0 Å². The van der Waals surface area contributed by atoms with E-state index in [0.717, 1.165) is 5.57 Å². The molecule has 3 unspecified atom stereocenters. The molecule has 4 aliphatic rings. The molecule has 1 amide bonds. The van der Waals surface area contributed by atoms with Crippen molar-refractivity contribution in [3.05, 3.63) is 36.0 Å². The zero-order valence-electron chi connectivity index (χ0n) is 35.5. The van der Waals surface area contributed by atoms with Gasteiger partial charge in [0.2, 0.25) is 5.79 Å². The van der Waals surface area contributed by atoms with E-state index in [-0.39, 0.29) is 49.5 Å². The third-order valence-corrected chi connectivity index (χ3v) is 13.0. The molecule has 0 radical (unpaired) electrons.